The van der Waals surface area contributed by atoms with Crippen LogP contribution in [0.4, 0.5) is 5.69 Å². The van der Waals surface area contributed by atoms with E-state index in [-0.39, 0.29) is 0 Å². The predicted molar refractivity (Wildman–Crippen MR) is 90.8 cm³/mol. The number of aryl methyl sites for hydroxylation is 2. The minimum absolute atomic E-state index is 0.650. The van der Waals surface area contributed by atoms with E-state index in [0.29, 0.717) is 5.11 Å². The first-order valence-electron chi connectivity index (χ1n) is 5.99. The number of hydrogen-bond donors (Lipinski definition) is 2. The van der Waals surface area contributed by atoms with Gasteiger partial charge in [-0.1, -0.05) is 6.07 Å². The molecule has 18 heavy (non-hydrogen) atoms. The van der Waals surface area contributed by atoms with Gasteiger partial charge in [0.2, 0.25) is 0 Å². The molecule has 0 aromatic heterocycles. The van der Waals surface area contributed by atoms with E-state index in [1.54, 1.807) is 0 Å². The molecule has 2 N–H and O–H groups in total. The Kier molecular flexibility index (Phi) is 5.01. The molecule has 0 aliphatic rings. The van der Waals surface area contributed by atoms with E-state index in [0.717, 1.165) is 11.8 Å². The van der Waals surface area contributed by atoms with Crippen LogP contribution in [0.5, 0.6) is 0 Å². The first-order valence-corrected chi connectivity index (χ1v) is 9.45. The highest BCUT2D eigenvalue weighted by atomic mass is 32.1. The molecule has 1 aromatic rings. The summed E-state index contributed by atoms with van der Waals surface area (Å²) in [6.07, 6.45) is 5.36. The first-order chi connectivity index (χ1) is 8.23. The zero-order valence-corrected chi connectivity index (χ0v) is 13.6. The average molecular weight is 282 g/mol. The summed E-state index contributed by atoms with van der Waals surface area (Å²) in [6.45, 7) is 7.72. The lowest BCUT2D eigenvalue weighted by molar-refractivity contribution is 1.19. The molecule has 0 bridgehead atoms. The van der Waals surface area contributed by atoms with Gasteiger partial charge < -0.3 is 10.6 Å². The Balaban J connectivity index is 3.10. The quantitative estimate of drug-likeness (QED) is 0.656. The van der Waals surface area contributed by atoms with Crippen LogP contribution in [0.3, 0.4) is 0 Å². The molecule has 0 spiro atoms. The molecule has 0 fully saturated rings. The fourth-order valence-electron chi connectivity index (χ4n) is 1.85. The summed E-state index contributed by atoms with van der Waals surface area (Å²) in [5, 5.41) is 6.81. The lowest BCUT2D eigenvalue weighted by Crippen LogP contribution is -2.24. The van der Waals surface area contributed by atoms with E-state index in [1.165, 1.54) is 16.7 Å². The molecule has 0 unspecified atom stereocenters. The van der Waals surface area contributed by atoms with Crippen molar-refractivity contribution in [1.29, 1.82) is 0 Å². The fourth-order valence-corrected chi connectivity index (χ4v) is 3.22. The molecule has 0 heterocycles. The maximum absolute atomic E-state index is 5.16. The summed E-state index contributed by atoms with van der Waals surface area (Å²) in [6, 6.07) is 4.42. The predicted octanol–water partition coefficient (Wildman–Crippen LogP) is 3.43. The molecule has 0 saturated carbocycles. The second kappa shape index (κ2) is 5.90. The molecule has 0 amide bonds. The molecule has 0 radical (unpaired) electrons. The maximum Gasteiger partial charge on any atom is 0.170 e. The van der Waals surface area contributed by atoms with Crippen molar-refractivity contribution >= 4 is 36.2 Å². The summed E-state index contributed by atoms with van der Waals surface area (Å²) >= 11 is 5.16. The minimum Gasteiger partial charge on any atom is -0.366 e. The van der Waals surface area contributed by atoms with Crippen molar-refractivity contribution in [3.63, 3.8) is 0 Å². The number of nitrogens with one attached hydrogen (secondary N) is 2. The summed E-state index contributed by atoms with van der Waals surface area (Å²) in [4.78, 5) is 0. The monoisotopic (exact) mass is 282 g/mol. The fraction of sp³-hybridized carbons (Fsp3) is 0.429. The van der Waals surface area contributed by atoms with E-state index >= 15 is 0 Å². The van der Waals surface area contributed by atoms with E-state index < -0.39 is 6.89 Å². The molecule has 0 atom stereocenters. The van der Waals surface area contributed by atoms with Gasteiger partial charge in [0.15, 0.2) is 5.11 Å². The van der Waals surface area contributed by atoms with Gasteiger partial charge in [0.1, 0.15) is 0 Å². The SMILES string of the molecule is C=P(C)(C)Cc1cc(NC(=S)NC)c(C)cc1C. The van der Waals surface area contributed by atoms with E-state index in [2.05, 4.69) is 56.2 Å². The summed E-state index contributed by atoms with van der Waals surface area (Å²) in [7, 11) is 1.82. The molecule has 0 aliphatic carbocycles. The van der Waals surface area contributed by atoms with Crippen molar-refractivity contribution in [2.75, 3.05) is 25.7 Å². The minimum atomic E-state index is -1.07. The Morgan fingerprint density at radius 3 is 2.39 bits per heavy atom. The van der Waals surface area contributed by atoms with Gasteiger partial charge in [0.05, 0.1) is 0 Å². The molecule has 4 heteroatoms. The van der Waals surface area contributed by atoms with Gasteiger partial charge in [-0.15, -0.1) is 13.2 Å². The Morgan fingerprint density at radius 1 is 1.28 bits per heavy atom. The van der Waals surface area contributed by atoms with Gasteiger partial charge in [0, 0.05) is 12.7 Å². The zero-order chi connectivity index (χ0) is 13.9. The highest BCUT2D eigenvalue weighted by Crippen LogP contribution is 2.41. The Bertz CT molecular complexity index is 503. The number of benzene rings is 1. The summed E-state index contributed by atoms with van der Waals surface area (Å²) in [5.41, 5.74) is 5.01. The van der Waals surface area contributed by atoms with Crippen molar-refractivity contribution in [2.24, 2.45) is 0 Å². The van der Waals surface area contributed by atoms with E-state index in [1.807, 2.05) is 7.05 Å². The van der Waals surface area contributed by atoms with Crippen LogP contribution in [-0.4, -0.2) is 31.8 Å². The lowest BCUT2D eigenvalue weighted by Gasteiger charge is -2.18. The van der Waals surface area contributed by atoms with Crippen molar-refractivity contribution in [2.45, 2.75) is 20.0 Å². The van der Waals surface area contributed by atoms with Gasteiger partial charge in [-0.2, -0.15) is 0 Å². The lowest BCUT2D eigenvalue weighted by atomic mass is 10.0. The van der Waals surface area contributed by atoms with Crippen LogP contribution < -0.4 is 10.6 Å². The van der Waals surface area contributed by atoms with Crippen LogP contribution in [0, 0.1) is 13.8 Å². The molecule has 100 valence electrons. The third-order valence-electron chi connectivity index (χ3n) is 2.76. The van der Waals surface area contributed by atoms with Crippen LogP contribution >= 0.6 is 19.1 Å². The Hall–Kier alpha value is -0.790. The number of thiocarbonyl (C=S) groups is 1. The average Bonchev–Trinajstić information content (AvgIpc) is 2.23. The molecular weight excluding hydrogens is 259 g/mol. The Labute approximate surface area is 116 Å². The molecule has 2 nitrogen and oxygen atoms in total. The summed E-state index contributed by atoms with van der Waals surface area (Å²) < 4.78 is 0. The van der Waals surface area contributed by atoms with Crippen molar-refractivity contribution in [3.05, 3.63) is 28.8 Å². The molecule has 1 aromatic carbocycles. The first kappa shape index (κ1) is 15.3. The van der Waals surface area contributed by atoms with Crippen molar-refractivity contribution < 1.29 is 0 Å². The van der Waals surface area contributed by atoms with Crippen LogP contribution in [0.2, 0.25) is 0 Å². The number of anilines is 1. The van der Waals surface area contributed by atoms with Gasteiger partial charge in [-0.3, -0.25) is 0 Å². The van der Waals surface area contributed by atoms with E-state index in [9.17, 15) is 0 Å². The molecule has 0 aliphatic heterocycles. The van der Waals surface area contributed by atoms with Crippen molar-refractivity contribution in [1.82, 2.24) is 5.32 Å². The van der Waals surface area contributed by atoms with Gasteiger partial charge in [-0.25, -0.2) is 0 Å². The number of hydrogen-bond acceptors (Lipinski definition) is 1. The van der Waals surface area contributed by atoms with E-state index in [4.69, 9.17) is 12.2 Å². The van der Waals surface area contributed by atoms with Crippen molar-refractivity contribution in [3.8, 4) is 0 Å². The Morgan fingerprint density at radius 2 is 1.89 bits per heavy atom. The zero-order valence-electron chi connectivity index (χ0n) is 11.9. The maximum atomic E-state index is 5.16. The van der Waals surface area contributed by atoms with Gasteiger partial charge in [0.25, 0.3) is 0 Å². The topological polar surface area (TPSA) is 24.1 Å². The third kappa shape index (κ3) is 4.47. The van der Waals surface area contributed by atoms with Crippen LogP contribution in [0.15, 0.2) is 12.1 Å². The smallest absolute Gasteiger partial charge is 0.170 e. The third-order valence-corrected chi connectivity index (χ3v) is 4.26. The molecular formula is C14H23N2PS. The van der Waals surface area contributed by atoms with Crippen LogP contribution in [-0.2, 0) is 6.16 Å². The highest BCUT2D eigenvalue weighted by Gasteiger charge is 2.09. The second-order valence-electron chi connectivity index (χ2n) is 5.39. The van der Waals surface area contributed by atoms with Crippen LogP contribution in [0.25, 0.3) is 0 Å². The van der Waals surface area contributed by atoms with Crippen LogP contribution in [0.1, 0.15) is 16.7 Å². The van der Waals surface area contributed by atoms with Gasteiger partial charge >= 0.3 is 0 Å². The molecule has 1 rings (SSSR count). The second-order valence-corrected chi connectivity index (χ2v) is 9.99. The summed E-state index contributed by atoms with van der Waals surface area (Å²) in [5.74, 6) is 0. The number of rotatable bonds is 3. The molecule has 0 saturated heterocycles. The normalized spacial score (nSPS) is 11.2. The van der Waals surface area contributed by atoms with Gasteiger partial charge in [-0.05, 0) is 68.3 Å². The highest BCUT2D eigenvalue weighted by molar-refractivity contribution is 7.80. The standard InChI is InChI=1S/C14H23N2PS/c1-10-7-11(2)13(16-14(18)15-3)8-12(10)9-17(4,5)6/h7-8H,4,9H2,1-3,5-6H3,(H2,15,16,18). The largest absolute Gasteiger partial charge is 0.366 e.